The molecule has 0 saturated carbocycles. The number of benzene rings is 2. The Hall–Kier alpha value is -2.12. The molecule has 7 heteroatoms. The third-order valence-corrected chi connectivity index (χ3v) is 5.47. The van der Waals surface area contributed by atoms with Crippen LogP contribution >= 0.6 is 11.8 Å². The first-order valence-corrected chi connectivity index (χ1v) is 10.7. The normalized spacial score (nSPS) is 11.7. The van der Waals surface area contributed by atoms with Crippen LogP contribution in [0.25, 0.3) is 0 Å². The zero-order valence-electron chi connectivity index (χ0n) is 14.9. The van der Waals surface area contributed by atoms with Crippen LogP contribution in [0.4, 0.5) is 0 Å². The van der Waals surface area contributed by atoms with Crippen molar-refractivity contribution in [2.75, 3.05) is 26.2 Å². The summed E-state index contributed by atoms with van der Waals surface area (Å²) in [6.45, 7) is 0.0729. The lowest BCUT2D eigenvalue weighted by molar-refractivity contribution is -0.133. The van der Waals surface area contributed by atoms with Gasteiger partial charge in [0.2, 0.25) is 0 Å². The van der Waals surface area contributed by atoms with E-state index in [1.54, 1.807) is 43.1 Å². The fourth-order valence-corrected chi connectivity index (χ4v) is 3.43. The molecule has 0 aliphatic carbocycles. The molecule has 5 nitrogen and oxygen atoms in total. The Morgan fingerprint density at radius 3 is 2.38 bits per heavy atom. The first-order chi connectivity index (χ1) is 12.4. The molecule has 1 amide bonds. The van der Waals surface area contributed by atoms with Gasteiger partial charge in [-0.2, -0.15) is 0 Å². The van der Waals surface area contributed by atoms with E-state index in [1.165, 1.54) is 11.2 Å². The lowest BCUT2D eigenvalue weighted by Gasteiger charge is -2.17. The molecule has 0 aliphatic heterocycles. The summed E-state index contributed by atoms with van der Waals surface area (Å²) in [4.78, 5) is 27.5. The molecule has 0 spiro atoms. The van der Waals surface area contributed by atoms with E-state index in [4.69, 9.17) is 4.74 Å². The zero-order chi connectivity index (χ0) is 19.1. The molecule has 0 aromatic heterocycles. The van der Waals surface area contributed by atoms with Gasteiger partial charge in [-0.05, 0) is 36.1 Å². The standard InChI is InChI=1S/C19H21NO4S2/c1-20(12-14-8-10-15(25-2)11-9-14)18(21)13-24-19(22)16-6-4-5-7-17(16)26(3)23/h4-11H,12-13H2,1-3H3/t26-/m0/s1. The van der Waals surface area contributed by atoms with E-state index in [0.717, 1.165) is 10.5 Å². The van der Waals surface area contributed by atoms with Crippen molar-refractivity contribution in [1.29, 1.82) is 0 Å². The van der Waals surface area contributed by atoms with E-state index in [2.05, 4.69) is 0 Å². The Kier molecular flexibility index (Phi) is 7.41. The number of carbonyl (C=O) groups is 2. The second-order valence-electron chi connectivity index (χ2n) is 5.62. The highest BCUT2D eigenvalue weighted by Gasteiger charge is 2.17. The molecular formula is C19H21NO4S2. The molecule has 1 atom stereocenters. The maximum Gasteiger partial charge on any atom is 0.339 e. The van der Waals surface area contributed by atoms with Crippen molar-refractivity contribution in [3.05, 3.63) is 59.7 Å². The van der Waals surface area contributed by atoms with Crippen LogP contribution in [0.15, 0.2) is 58.3 Å². The fraction of sp³-hybridized carbons (Fsp3) is 0.263. The highest BCUT2D eigenvalue weighted by Crippen LogP contribution is 2.16. The van der Waals surface area contributed by atoms with Crippen LogP contribution in [0.3, 0.4) is 0 Å². The van der Waals surface area contributed by atoms with Gasteiger partial charge in [0.05, 0.1) is 21.3 Å². The number of rotatable bonds is 7. The van der Waals surface area contributed by atoms with Gasteiger partial charge in [0.15, 0.2) is 6.61 Å². The largest absolute Gasteiger partial charge is 0.452 e. The van der Waals surface area contributed by atoms with Crippen LogP contribution < -0.4 is 0 Å². The van der Waals surface area contributed by atoms with Gasteiger partial charge >= 0.3 is 5.97 Å². The number of esters is 1. The quantitative estimate of drug-likeness (QED) is 0.536. The minimum Gasteiger partial charge on any atom is -0.452 e. The molecule has 138 valence electrons. The van der Waals surface area contributed by atoms with Crippen molar-refractivity contribution in [2.45, 2.75) is 16.3 Å². The predicted octanol–water partition coefficient (Wildman–Crippen LogP) is 2.96. The maximum atomic E-state index is 12.2. The Morgan fingerprint density at radius 2 is 1.77 bits per heavy atom. The second-order valence-corrected chi connectivity index (χ2v) is 7.85. The number of thioether (sulfide) groups is 1. The zero-order valence-corrected chi connectivity index (χ0v) is 16.6. The average Bonchev–Trinajstić information content (AvgIpc) is 2.66. The fourth-order valence-electron chi connectivity index (χ4n) is 2.29. The smallest absolute Gasteiger partial charge is 0.339 e. The number of carbonyl (C=O) groups excluding carboxylic acids is 2. The predicted molar refractivity (Wildman–Crippen MR) is 104 cm³/mol. The summed E-state index contributed by atoms with van der Waals surface area (Å²) < 4.78 is 16.8. The molecule has 2 aromatic rings. The topological polar surface area (TPSA) is 63.7 Å². The first-order valence-electron chi connectivity index (χ1n) is 7.89. The number of ether oxygens (including phenoxy) is 1. The van der Waals surface area contributed by atoms with Crippen molar-refractivity contribution >= 4 is 34.4 Å². The molecule has 0 saturated heterocycles. The first kappa shape index (κ1) is 20.2. The van der Waals surface area contributed by atoms with Gasteiger partial charge in [-0.15, -0.1) is 11.8 Å². The summed E-state index contributed by atoms with van der Waals surface area (Å²) in [5, 5.41) is 0. The molecule has 0 unspecified atom stereocenters. The van der Waals surface area contributed by atoms with Gasteiger partial charge < -0.3 is 9.64 Å². The van der Waals surface area contributed by atoms with Crippen LogP contribution in [-0.2, 0) is 26.9 Å². The number of amides is 1. The van der Waals surface area contributed by atoms with Crippen LogP contribution in [0, 0.1) is 0 Å². The lowest BCUT2D eigenvalue weighted by atomic mass is 10.2. The van der Waals surface area contributed by atoms with Gasteiger partial charge in [0.1, 0.15) is 0 Å². The highest BCUT2D eigenvalue weighted by molar-refractivity contribution is 7.98. The third-order valence-electron chi connectivity index (χ3n) is 3.75. The van der Waals surface area contributed by atoms with E-state index < -0.39 is 16.8 Å². The van der Waals surface area contributed by atoms with Crippen LogP contribution in [0.1, 0.15) is 15.9 Å². The molecule has 0 N–H and O–H groups in total. The van der Waals surface area contributed by atoms with Gasteiger partial charge in [-0.25, -0.2) is 4.79 Å². The van der Waals surface area contributed by atoms with Crippen molar-refractivity contribution in [1.82, 2.24) is 4.90 Å². The van der Waals surface area contributed by atoms with E-state index in [1.807, 2.05) is 30.5 Å². The van der Waals surface area contributed by atoms with Gasteiger partial charge in [-0.3, -0.25) is 9.00 Å². The molecule has 0 radical (unpaired) electrons. The van der Waals surface area contributed by atoms with Crippen LogP contribution in [0.5, 0.6) is 0 Å². The Bertz CT molecular complexity index is 805. The van der Waals surface area contributed by atoms with Crippen molar-refractivity contribution in [2.24, 2.45) is 0 Å². The van der Waals surface area contributed by atoms with E-state index in [9.17, 15) is 13.8 Å². The summed E-state index contributed by atoms with van der Waals surface area (Å²) in [5.74, 6) is -0.954. The lowest BCUT2D eigenvalue weighted by Crippen LogP contribution is -2.31. The van der Waals surface area contributed by atoms with Crippen molar-refractivity contribution in [3.8, 4) is 0 Å². The Morgan fingerprint density at radius 1 is 1.12 bits per heavy atom. The molecule has 26 heavy (non-hydrogen) atoms. The maximum absolute atomic E-state index is 12.2. The summed E-state index contributed by atoms with van der Waals surface area (Å²) in [6, 6.07) is 14.5. The van der Waals surface area contributed by atoms with E-state index in [0.29, 0.717) is 11.4 Å². The molecule has 0 fully saturated rings. The molecule has 2 rings (SSSR count). The molecular weight excluding hydrogens is 370 g/mol. The molecule has 2 aromatic carbocycles. The average molecular weight is 392 g/mol. The van der Waals surface area contributed by atoms with Crippen LogP contribution in [0.2, 0.25) is 0 Å². The van der Waals surface area contributed by atoms with Crippen molar-refractivity contribution in [3.63, 3.8) is 0 Å². The minimum absolute atomic E-state index is 0.219. The van der Waals surface area contributed by atoms with Gasteiger partial charge in [0.25, 0.3) is 5.91 Å². The van der Waals surface area contributed by atoms with Gasteiger partial charge in [-0.1, -0.05) is 24.3 Å². The molecule has 0 heterocycles. The highest BCUT2D eigenvalue weighted by atomic mass is 32.2. The summed E-state index contributed by atoms with van der Waals surface area (Å²) in [6.07, 6.45) is 3.50. The monoisotopic (exact) mass is 391 g/mol. The van der Waals surface area contributed by atoms with Gasteiger partial charge in [0, 0.05) is 24.7 Å². The number of likely N-dealkylation sites (N-methyl/N-ethyl adjacent to an activating group) is 1. The molecule has 0 aliphatic rings. The summed E-state index contributed by atoms with van der Waals surface area (Å²) in [7, 11) is 0.349. The minimum atomic E-state index is -1.31. The Labute approximate surface area is 160 Å². The number of hydrogen-bond acceptors (Lipinski definition) is 5. The Balaban J connectivity index is 1.93. The SMILES string of the molecule is CSc1ccc(CN(C)C(=O)COC(=O)c2ccccc2[S@](C)=O)cc1. The van der Waals surface area contributed by atoms with E-state index in [-0.39, 0.29) is 18.1 Å². The van der Waals surface area contributed by atoms with E-state index >= 15 is 0 Å². The molecule has 0 bridgehead atoms. The number of hydrogen-bond donors (Lipinski definition) is 0. The van der Waals surface area contributed by atoms with Crippen molar-refractivity contribution < 1.29 is 18.5 Å². The third kappa shape index (κ3) is 5.44. The summed E-state index contributed by atoms with van der Waals surface area (Å²) in [5.41, 5.74) is 1.22. The number of nitrogens with zero attached hydrogens (tertiary/aromatic N) is 1. The van der Waals surface area contributed by atoms with Crippen LogP contribution in [-0.4, -0.2) is 47.2 Å². The summed E-state index contributed by atoms with van der Waals surface area (Å²) >= 11 is 1.66. The second kappa shape index (κ2) is 9.54.